The minimum Gasteiger partial charge on any atom is -0.482 e. The largest absolute Gasteiger partial charge is 0.482 e. The van der Waals surface area contributed by atoms with Gasteiger partial charge in [-0.25, -0.2) is 8.42 Å². The van der Waals surface area contributed by atoms with Gasteiger partial charge in [0.25, 0.3) is 5.91 Å². The third kappa shape index (κ3) is 5.36. The Labute approximate surface area is 189 Å². The Morgan fingerprint density at radius 2 is 1.78 bits per heavy atom. The molecule has 0 saturated heterocycles. The number of hydrogen-bond donors (Lipinski definition) is 3. The number of carbonyl (C=O) groups is 3. The SMILES string of the molecule is CCN(CC(=O)Nc1ccc(NC(C)=O)cc1)S(=O)(=O)c1cc2c(cc1Cl)NC(=O)CO2. The molecule has 12 heteroatoms. The van der Waals surface area contributed by atoms with Crippen LogP contribution in [0.25, 0.3) is 0 Å². The van der Waals surface area contributed by atoms with E-state index in [1.165, 1.54) is 19.1 Å². The third-order valence-electron chi connectivity index (χ3n) is 4.45. The third-order valence-corrected chi connectivity index (χ3v) is 6.83. The molecule has 3 rings (SSSR count). The Kier molecular flexibility index (Phi) is 7.02. The van der Waals surface area contributed by atoms with E-state index in [-0.39, 0.29) is 46.3 Å². The topological polar surface area (TPSA) is 134 Å². The molecule has 0 bridgehead atoms. The van der Waals surface area contributed by atoms with Crippen molar-refractivity contribution >= 4 is 56.4 Å². The molecule has 0 aromatic heterocycles. The summed E-state index contributed by atoms with van der Waals surface area (Å²) in [5.74, 6) is -0.979. The lowest BCUT2D eigenvalue weighted by atomic mass is 10.2. The summed E-state index contributed by atoms with van der Waals surface area (Å²) < 4.78 is 32.5. The van der Waals surface area contributed by atoms with E-state index in [0.29, 0.717) is 11.4 Å². The van der Waals surface area contributed by atoms with Crippen molar-refractivity contribution in [3.63, 3.8) is 0 Å². The lowest BCUT2D eigenvalue weighted by Gasteiger charge is -2.23. The molecular weight excluding hydrogens is 460 g/mol. The molecule has 0 fully saturated rings. The van der Waals surface area contributed by atoms with Crippen LogP contribution < -0.4 is 20.7 Å². The molecule has 0 aliphatic carbocycles. The van der Waals surface area contributed by atoms with Crippen LogP contribution >= 0.6 is 11.6 Å². The Morgan fingerprint density at radius 1 is 1.16 bits per heavy atom. The van der Waals surface area contributed by atoms with Gasteiger partial charge in [-0.05, 0) is 30.3 Å². The molecule has 170 valence electrons. The number of amides is 3. The molecule has 0 spiro atoms. The van der Waals surface area contributed by atoms with Crippen LogP contribution in [0, 0.1) is 0 Å². The van der Waals surface area contributed by atoms with Crippen LogP contribution in [0.15, 0.2) is 41.3 Å². The lowest BCUT2D eigenvalue weighted by molar-refractivity contribution is -0.119. The summed E-state index contributed by atoms with van der Waals surface area (Å²) in [5.41, 5.74) is 1.27. The molecule has 0 saturated carbocycles. The minimum atomic E-state index is -4.14. The van der Waals surface area contributed by atoms with Gasteiger partial charge in [0.05, 0.1) is 17.3 Å². The molecule has 0 atom stereocenters. The monoisotopic (exact) mass is 480 g/mol. The van der Waals surface area contributed by atoms with Crippen LogP contribution in [0.4, 0.5) is 17.1 Å². The average molecular weight is 481 g/mol. The fourth-order valence-electron chi connectivity index (χ4n) is 2.99. The smallest absolute Gasteiger partial charge is 0.262 e. The fourth-order valence-corrected chi connectivity index (χ4v) is 4.91. The van der Waals surface area contributed by atoms with Crippen molar-refractivity contribution in [3.05, 3.63) is 41.4 Å². The van der Waals surface area contributed by atoms with E-state index in [4.69, 9.17) is 16.3 Å². The summed E-state index contributed by atoms with van der Waals surface area (Å²) in [7, 11) is -4.14. The molecule has 1 heterocycles. The van der Waals surface area contributed by atoms with Crippen LogP contribution in [0.5, 0.6) is 5.75 Å². The zero-order valence-electron chi connectivity index (χ0n) is 17.3. The van der Waals surface area contributed by atoms with Crippen LogP contribution in [0.2, 0.25) is 5.02 Å². The molecule has 0 unspecified atom stereocenters. The molecule has 0 radical (unpaired) electrons. The molecule has 1 aliphatic rings. The van der Waals surface area contributed by atoms with Gasteiger partial charge in [0.1, 0.15) is 10.6 Å². The van der Waals surface area contributed by atoms with E-state index < -0.39 is 22.5 Å². The number of anilines is 3. The van der Waals surface area contributed by atoms with Gasteiger partial charge in [-0.1, -0.05) is 18.5 Å². The lowest BCUT2D eigenvalue weighted by Crippen LogP contribution is -2.38. The normalized spacial score (nSPS) is 13.1. The number of likely N-dealkylation sites (N-methyl/N-ethyl adjacent to an activating group) is 1. The van der Waals surface area contributed by atoms with Crippen molar-refractivity contribution in [2.24, 2.45) is 0 Å². The average Bonchev–Trinajstić information content (AvgIpc) is 2.72. The van der Waals surface area contributed by atoms with Crippen molar-refractivity contribution in [3.8, 4) is 5.75 Å². The van der Waals surface area contributed by atoms with E-state index in [0.717, 1.165) is 4.31 Å². The van der Waals surface area contributed by atoms with Gasteiger partial charge in [0.15, 0.2) is 6.61 Å². The fraction of sp³-hybridized carbons (Fsp3) is 0.250. The van der Waals surface area contributed by atoms with E-state index in [2.05, 4.69) is 16.0 Å². The number of carbonyl (C=O) groups excluding carboxylic acids is 3. The summed E-state index contributed by atoms with van der Waals surface area (Å²) in [6.07, 6.45) is 0. The number of benzene rings is 2. The molecule has 10 nitrogen and oxygen atoms in total. The van der Waals surface area contributed by atoms with Crippen molar-refractivity contribution in [2.75, 3.05) is 35.6 Å². The van der Waals surface area contributed by atoms with Gasteiger partial charge in [-0.3, -0.25) is 14.4 Å². The Balaban J connectivity index is 1.75. The van der Waals surface area contributed by atoms with Gasteiger partial charge in [-0.2, -0.15) is 4.31 Å². The van der Waals surface area contributed by atoms with Crippen LogP contribution in [-0.2, 0) is 24.4 Å². The second-order valence-electron chi connectivity index (χ2n) is 6.85. The number of halogens is 1. The van der Waals surface area contributed by atoms with Gasteiger partial charge < -0.3 is 20.7 Å². The second-order valence-corrected chi connectivity index (χ2v) is 9.17. The first-order valence-electron chi connectivity index (χ1n) is 9.54. The predicted octanol–water partition coefficient (Wildman–Crippen LogP) is 2.28. The number of rotatable bonds is 7. The highest BCUT2D eigenvalue weighted by Gasteiger charge is 2.30. The molecule has 3 N–H and O–H groups in total. The first kappa shape index (κ1) is 23.5. The molecule has 32 heavy (non-hydrogen) atoms. The summed E-state index contributed by atoms with van der Waals surface area (Å²) in [4.78, 5) is 34.8. The maximum Gasteiger partial charge on any atom is 0.262 e. The quantitative estimate of drug-likeness (QED) is 0.556. The predicted molar refractivity (Wildman–Crippen MR) is 119 cm³/mol. The van der Waals surface area contributed by atoms with E-state index in [1.54, 1.807) is 31.2 Å². The van der Waals surface area contributed by atoms with Crippen LogP contribution in [-0.4, -0.2) is 50.1 Å². The van der Waals surface area contributed by atoms with Gasteiger partial charge in [0.2, 0.25) is 21.8 Å². The first-order chi connectivity index (χ1) is 15.1. The van der Waals surface area contributed by atoms with Crippen LogP contribution in [0.1, 0.15) is 13.8 Å². The van der Waals surface area contributed by atoms with Gasteiger partial charge in [0, 0.05) is 30.9 Å². The zero-order chi connectivity index (χ0) is 23.5. The standard InChI is InChI=1S/C20H21ClN4O6S/c1-3-25(10-19(27)23-14-6-4-13(5-7-14)22-12(2)26)32(29,30)18-9-17-16(8-15(18)21)24-20(28)11-31-17/h4-9H,3,10-11H2,1-2H3,(H,22,26)(H,23,27)(H,24,28). The maximum absolute atomic E-state index is 13.1. The summed E-state index contributed by atoms with van der Waals surface area (Å²) >= 11 is 6.17. The van der Waals surface area contributed by atoms with Crippen molar-refractivity contribution in [1.82, 2.24) is 4.31 Å². The van der Waals surface area contributed by atoms with Crippen molar-refractivity contribution in [2.45, 2.75) is 18.7 Å². The summed E-state index contributed by atoms with van der Waals surface area (Å²) in [6.45, 7) is 2.30. The second kappa shape index (κ2) is 9.55. The molecule has 3 amide bonds. The molecular formula is C20H21ClN4O6S. The highest BCUT2D eigenvalue weighted by molar-refractivity contribution is 7.89. The number of nitrogens with zero attached hydrogens (tertiary/aromatic N) is 1. The number of nitrogens with one attached hydrogen (secondary N) is 3. The Morgan fingerprint density at radius 3 is 2.38 bits per heavy atom. The van der Waals surface area contributed by atoms with Crippen LogP contribution in [0.3, 0.4) is 0 Å². The number of sulfonamides is 1. The molecule has 2 aromatic carbocycles. The highest BCUT2D eigenvalue weighted by Crippen LogP contribution is 2.36. The Hall–Kier alpha value is -3.15. The molecule has 1 aliphatic heterocycles. The van der Waals surface area contributed by atoms with Gasteiger partial charge in [-0.15, -0.1) is 0 Å². The molecule has 2 aromatic rings. The van der Waals surface area contributed by atoms with E-state index >= 15 is 0 Å². The summed E-state index contributed by atoms with van der Waals surface area (Å²) in [6, 6.07) is 8.91. The van der Waals surface area contributed by atoms with E-state index in [9.17, 15) is 22.8 Å². The van der Waals surface area contributed by atoms with Crippen molar-refractivity contribution in [1.29, 1.82) is 0 Å². The number of ether oxygens (including phenoxy) is 1. The first-order valence-corrected chi connectivity index (χ1v) is 11.4. The number of fused-ring (bicyclic) bond motifs is 1. The van der Waals surface area contributed by atoms with E-state index in [1.807, 2.05) is 0 Å². The zero-order valence-corrected chi connectivity index (χ0v) is 18.8. The highest BCUT2D eigenvalue weighted by atomic mass is 35.5. The maximum atomic E-state index is 13.1. The number of hydrogen-bond acceptors (Lipinski definition) is 6. The summed E-state index contributed by atoms with van der Waals surface area (Å²) in [5, 5.41) is 7.67. The Bertz CT molecular complexity index is 1170. The van der Waals surface area contributed by atoms with Crippen molar-refractivity contribution < 1.29 is 27.5 Å². The minimum absolute atomic E-state index is 0.0161. The van der Waals surface area contributed by atoms with Gasteiger partial charge >= 0.3 is 0 Å².